The van der Waals surface area contributed by atoms with E-state index >= 15 is 0 Å². The molecule has 3 aromatic rings. The van der Waals surface area contributed by atoms with Gasteiger partial charge in [0.1, 0.15) is 6.04 Å². The van der Waals surface area contributed by atoms with Crippen LogP contribution in [0.4, 0.5) is 16.2 Å². The summed E-state index contributed by atoms with van der Waals surface area (Å²) < 4.78 is 10.8. The Balaban J connectivity index is 1.25. The molecule has 2 N–H and O–H groups in total. The molecule has 1 fully saturated rings. The number of anilines is 2. The van der Waals surface area contributed by atoms with Crippen LogP contribution in [-0.4, -0.2) is 31.3 Å². The molecule has 1 atom stereocenters. The zero-order valence-corrected chi connectivity index (χ0v) is 18.5. The zero-order valence-electron chi connectivity index (χ0n) is 17.7. The predicted molar refractivity (Wildman–Crippen MR) is 127 cm³/mol. The van der Waals surface area contributed by atoms with Gasteiger partial charge in [-0.1, -0.05) is 29.8 Å². The number of benzene rings is 3. The van der Waals surface area contributed by atoms with Crippen molar-refractivity contribution in [3.63, 3.8) is 0 Å². The fourth-order valence-corrected chi connectivity index (χ4v) is 4.16. The van der Waals surface area contributed by atoms with Gasteiger partial charge in [0.25, 0.3) is 0 Å². The molecule has 8 heteroatoms. The lowest BCUT2D eigenvalue weighted by atomic mass is 10.0. The largest absolute Gasteiger partial charge is 0.454 e. The van der Waals surface area contributed by atoms with E-state index in [1.54, 1.807) is 29.2 Å². The average molecular weight is 464 g/mol. The predicted octanol–water partition coefficient (Wildman–Crippen LogP) is 5.05. The van der Waals surface area contributed by atoms with E-state index in [9.17, 15) is 9.59 Å². The van der Waals surface area contributed by atoms with E-state index in [1.807, 2.05) is 42.5 Å². The molecule has 2 aliphatic rings. The van der Waals surface area contributed by atoms with Crippen molar-refractivity contribution in [3.8, 4) is 22.6 Å². The van der Waals surface area contributed by atoms with Gasteiger partial charge in [-0.05, 0) is 72.5 Å². The number of piperidine rings is 1. The second-order valence-electron chi connectivity index (χ2n) is 7.90. The lowest BCUT2D eigenvalue weighted by Gasteiger charge is -2.32. The Kier molecular flexibility index (Phi) is 5.79. The highest BCUT2D eigenvalue weighted by Crippen LogP contribution is 2.36. The monoisotopic (exact) mass is 463 g/mol. The molecule has 33 heavy (non-hydrogen) atoms. The third-order valence-corrected chi connectivity index (χ3v) is 5.98. The van der Waals surface area contributed by atoms with Gasteiger partial charge in [0.05, 0.1) is 0 Å². The molecule has 2 heterocycles. The number of fused-ring (bicyclic) bond motifs is 1. The van der Waals surface area contributed by atoms with Crippen molar-refractivity contribution < 1.29 is 19.1 Å². The summed E-state index contributed by atoms with van der Waals surface area (Å²) in [6.45, 7) is 0.848. The Morgan fingerprint density at radius 3 is 2.45 bits per heavy atom. The fraction of sp³-hybridized carbons (Fsp3) is 0.200. The highest BCUT2D eigenvalue weighted by Gasteiger charge is 2.31. The molecule has 0 saturated carbocycles. The maximum atomic E-state index is 13.1. The van der Waals surface area contributed by atoms with Gasteiger partial charge in [-0.15, -0.1) is 0 Å². The fourth-order valence-electron chi connectivity index (χ4n) is 4.03. The summed E-state index contributed by atoms with van der Waals surface area (Å²) >= 11 is 5.87. The minimum Gasteiger partial charge on any atom is -0.454 e. The van der Waals surface area contributed by atoms with E-state index in [2.05, 4.69) is 10.6 Å². The molecule has 3 aromatic carbocycles. The summed E-state index contributed by atoms with van der Waals surface area (Å²) in [6, 6.07) is 19.4. The summed E-state index contributed by atoms with van der Waals surface area (Å²) in [5, 5.41) is 6.12. The number of hydrogen-bond donors (Lipinski definition) is 2. The second-order valence-corrected chi connectivity index (χ2v) is 8.34. The molecule has 168 valence electrons. The first kappa shape index (κ1) is 21.2. The first-order valence-corrected chi connectivity index (χ1v) is 11.1. The molecule has 5 rings (SSSR count). The van der Waals surface area contributed by atoms with Crippen molar-refractivity contribution in [2.24, 2.45) is 0 Å². The number of nitrogens with zero attached hydrogens (tertiary/aromatic N) is 1. The van der Waals surface area contributed by atoms with Crippen LogP contribution >= 0.6 is 11.6 Å². The van der Waals surface area contributed by atoms with E-state index in [-0.39, 0.29) is 12.7 Å². The zero-order chi connectivity index (χ0) is 22.8. The van der Waals surface area contributed by atoms with E-state index < -0.39 is 12.1 Å². The van der Waals surface area contributed by atoms with E-state index in [0.29, 0.717) is 23.7 Å². The summed E-state index contributed by atoms with van der Waals surface area (Å²) in [7, 11) is 0. The number of rotatable bonds is 4. The minimum absolute atomic E-state index is 0.122. The Labute approximate surface area is 196 Å². The molecule has 7 nitrogen and oxygen atoms in total. The topological polar surface area (TPSA) is 79.9 Å². The molecular weight excluding hydrogens is 442 g/mol. The van der Waals surface area contributed by atoms with E-state index in [0.717, 1.165) is 34.7 Å². The molecule has 0 aromatic heterocycles. The number of carbonyl (C=O) groups is 2. The van der Waals surface area contributed by atoms with Crippen molar-refractivity contribution in [2.75, 3.05) is 23.6 Å². The quantitative estimate of drug-likeness (QED) is 0.567. The number of urea groups is 1. The third kappa shape index (κ3) is 4.59. The van der Waals surface area contributed by atoms with Crippen LogP contribution in [0.2, 0.25) is 5.02 Å². The van der Waals surface area contributed by atoms with Crippen molar-refractivity contribution >= 4 is 34.9 Å². The number of amides is 3. The van der Waals surface area contributed by atoms with Crippen LogP contribution < -0.4 is 25.0 Å². The first-order chi connectivity index (χ1) is 16.1. The molecule has 0 bridgehead atoms. The van der Waals surface area contributed by atoms with Gasteiger partial charge in [-0.3, -0.25) is 4.79 Å². The summed E-state index contributed by atoms with van der Waals surface area (Å²) in [5.74, 6) is 1.35. The normalized spacial score (nSPS) is 17.1. The SMILES string of the molecule is O=C(Nc1ccc(Cl)cc1)N[C@H]1CCCN(c2ccc(-c3ccc4c(c3)OCO4)cc2)C1=O. The van der Waals surface area contributed by atoms with Crippen molar-refractivity contribution in [1.29, 1.82) is 0 Å². The molecule has 1 saturated heterocycles. The smallest absolute Gasteiger partial charge is 0.319 e. The Morgan fingerprint density at radius 2 is 1.67 bits per heavy atom. The second kappa shape index (κ2) is 9.03. The third-order valence-electron chi connectivity index (χ3n) is 5.73. The minimum atomic E-state index is -0.584. The van der Waals surface area contributed by atoms with Gasteiger partial charge < -0.3 is 25.0 Å². The first-order valence-electron chi connectivity index (χ1n) is 10.7. The molecule has 3 amide bonds. The average Bonchev–Trinajstić information content (AvgIpc) is 3.30. The van der Waals surface area contributed by atoms with Gasteiger partial charge in [0.15, 0.2) is 11.5 Å². The van der Waals surface area contributed by atoms with Crippen LogP contribution in [0, 0.1) is 0 Å². The van der Waals surface area contributed by atoms with Gasteiger partial charge in [0.2, 0.25) is 12.7 Å². The number of carbonyl (C=O) groups excluding carboxylic acids is 2. The van der Waals surface area contributed by atoms with Gasteiger partial charge >= 0.3 is 6.03 Å². The van der Waals surface area contributed by atoms with Crippen LogP contribution in [-0.2, 0) is 4.79 Å². The standard InChI is InChI=1S/C25H22ClN3O4/c26-18-6-8-19(9-7-18)27-25(31)28-21-2-1-13-29(24(21)30)20-10-3-16(4-11-20)17-5-12-22-23(14-17)33-15-32-22/h3-12,14,21H,1-2,13,15H2,(H2,27,28,31)/t21-/m0/s1. The van der Waals surface area contributed by atoms with E-state index in [1.165, 1.54) is 0 Å². The molecular formula is C25H22ClN3O4. The van der Waals surface area contributed by atoms with Crippen LogP contribution in [0.15, 0.2) is 66.7 Å². The van der Waals surface area contributed by atoms with Crippen LogP contribution in [0.5, 0.6) is 11.5 Å². The lowest BCUT2D eigenvalue weighted by Crippen LogP contribution is -2.53. The van der Waals surface area contributed by atoms with E-state index in [4.69, 9.17) is 21.1 Å². The summed E-state index contributed by atoms with van der Waals surface area (Å²) in [6.07, 6.45) is 1.39. The lowest BCUT2D eigenvalue weighted by molar-refractivity contribution is -0.121. The summed E-state index contributed by atoms with van der Waals surface area (Å²) in [5.41, 5.74) is 3.43. The van der Waals surface area contributed by atoms with Crippen molar-refractivity contribution in [1.82, 2.24) is 5.32 Å². The highest BCUT2D eigenvalue weighted by atomic mass is 35.5. The number of halogens is 1. The highest BCUT2D eigenvalue weighted by molar-refractivity contribution is 6.30. The maximum absolute atomic E-state index is 13.1. The molecule has 0 radical (unpaired) electrons. The van der Waals surface area contributed by atoms with Crippen molar-refractivity contribution in [3.05, 3.63) is 71.8 Å². The van der Waals surface area contributed by atoms with Gasteiger partial charge in [0, 0.05) is 22.9 Å². The van der Waals surface area contributed by atoms with Crippen LogP contribution in [0.1, 0.15) is 12.8 Å². The number of hydrogen-bond acceptors (Lipinski definition) is 4. The molecule has 0 aliphatic carbocycles. The Hall–Kier alpha value is -3.71. The van der Waals surface area contributed by atoms with Crippen molar-refractivity contribution in [2.45, 2.75) is 18.9 Å². The van der Waals surface area contributed by atoms with Gasteiger partial charge in [-0.25, -0.2) is 4.79 Å². The van der Waals surface area contributed by atoms with Crippen LogP contribution in [0.3, 0.4) is 0 Å². The number of nitrogens with one attached hydrogen (secondary N) is 2. The Morgan fingerprint density at radius 1 is 0.939 bits per heavy atom. The van der Waals surface area contributed by atoms with Gasteiger partial charge in [-0.2, -0.15) is 0 Å². The maximum Gasteiger partial charge on any atom is 0.319 e. The summed E-state index contributed by atoms with van der Waals surface area (Å²) in [4.78, 5) is 27.2. The molecule has 0 spiro atoms. The molecule has 2 aliphatic heterocycles. The number of ether oxygens (including phenoxy) is 2. The Bertz CT molecular complexity index is 1180. The molecule has 0 unspecified atom stereocenters. The van der Waals surface area contributed by atoms with Crippen LogP contribution in [0.25, 0.3) is 11.1 Å².